The highest BCUT2D eigenvalue weighted by atomic mass is 16.3. The van der Waals surface area contributed by atoms with E-state index >= 15 is 0 Å². The van der Waals surface area contributed by atoms with Crippen molar-refractivity contribution in [2.45, 2.75) is 38.7 Å². The molecular weight excluding hydrogens is 392 g/mol. The van der Waals surface area contributed by atoms with Crippen LogP contribution in [0.5, 0.6) is 0 Å². The first-order valence-electron chi connectivity index (χ1n) is 11.2. The summed E-state index contributed by atoms with van der Waals surface area (Å²) in [5, 5.41) is 13.2. The van der Waals surface area contributed by atoms with Gasteiger partial charge in [0, 0.05) is 21.8 Å². The van der Waals surface area contributed by atoms with E-state index < -0.39 is 5.60 Å². The molecule has 0 bridgehead atoms. The summed E-state index contributed by atoms with van der Waals surface area (Å²) in [6, 6.07) is 27.4. The van der Waals surface area contributed by atoms with Crippen LogP contribution in [0.15, 0.2) is 83.3 Å². The number of benzene rings is 4. The van der Waals surface area contributed by atoms with Crippen LogP contribution in [0.3, 0.4) is 0 Å². The largest absolute Gasteiger partial charge is 0.455 e. The van der Waals surface area contributed by atoms with Crippen LogP contribution in [-0.2, 0) is 11.0 Å². The van der Waals surface area contributed by atoms with E-state index in [4.69, 9.17) is 4.42 Å². The van der Waals surface area contributed by atoms with Crippen LogP contribution in [0.25, 0.3) is 44.2 Å². The van der Waals surface area contributed by atoms with E-state index in [-0.39, 0.29) is 5.41 Å². The van der Waals surface area contributed by atoms with E-state index in [0.29, 0.717) is 0 Å². The standard InChI is InChI=1S/C30H26O2/c1-29(2)22-14-8-6-12-19(22)26-24(29)17-21(18-11-5-9-15-23(18)30(3,4)31)28-27(26)20-13-7-10-16-25(20)32-28/h5-17,31H,1-4H3. The number of hydrogen-bond acceptors (Lipinski definition) is 2. The Kier molecular flexibility index (Phi) is 3.83. The summed E-state index contributed by atoms with van der Waals surface area (Å²) in [6.45, 7) is 8.29. The first-order chi connectivity index (χ1) is 15.3. The molecule has 1 aromatic heterocycles. The van der Waals surface area contributed by atoms with Gasteiger partial charge in [0.1, 0.15) is 11.2 Å². The molecule has 5 aromatic rings. The second-order valence-corrected chi connectivity index (χ2v) is 9.92. The van der Waals surface area contributed by atoms with Crippen LogP contribution in [0.2, 0.25) is 0 Å². The second kappa shape index (κ2) is 6.34. The highest BCUT2D eigenvalue weighted by molar-refractivity contribution is 6.18. The average molecular weight is 419 g/mol. The fraction of sp³-hybridized carbons (Fsp3) is 0.200. The molecule has 0 radical (unpaired) electrons. The topological polar surface area (TPSA) is 33.4 Å². The Balaban J connectivity index is 1.83. The first-order valence-corrected chi connectivity index (χ1v) is 11.2. The lowest BCUT2D eigenvalue weighted by atomic mass is 9.80. The third-order valence-corrected chi connectivity index (χ3v) is 7.07. The summed E-state index contributed by atoms with van der Waals surface area (Å²) in [7, 11) is 0. The van der Waals surface area contributed by atoms with Gasteiger partial charge in [0.2, 0.25) is 0 Å². The van der Waals surface area contributed by atoms with Crippen LogP contribution in [0.4, 0.5) is 0 Å². The van der Waals surface area contributed by atoms with Gasteiger partial charge < -0.3 is 9.52 Å². The minimum atomic E-state index is -0.966. The van der Waals surface area contributed by atoms with Crippen molar-refractivity contribution in [1.82, 2.24) is 0 Å². The smallest absolute Gasteiger partial charge is 0.143 e. The lowest BCUT2D eigenvalue weighted by Crippen LogP contribution is -2.17. The fourth-order valence-corrected chi connectivity index (χ4v) is 5.52. The average Bonchev–Trinajstić information content (AvgIpc) is 3.26. The fourth-order valence-electron chi connectivity index (χ4n) is 5.52. The molecule has 1 N–H and O–H groups in total. The number of rotatable bonds is 2. The van der Waals surface area contributed by atoms with Gasteiger partial charge in [-0.05, 0) is 59.4 Å². The Bertz CT molecular complexity index is 1530. The summed E-state index contributed by atoms with van der Waals surface area (Å²) >= 11 is 0. The van der Waals surface area contributed by atoms with Gasteiger partial charge in [0.15, 0.2) is 0 Å². The molecule has 0 unspecified atom stereocenters. The molecule has 0 saturated heterocycles. The van der Waals surface area contributed by atoms with Crippen LogP contribution in [0.1, 0.15) is 44.4 Å². The first kappa shape index (κ1) is 19.3. The third kappa shape index (κ3) is 2.50. The molecule has 0 fully saturated rings. The number of aliphatic hydroxyl groups is 1. The lowest BCUT2D eigenvalue weighted by Gasteiger charge is -2.24. The summed E-state index contributed by atoms with van der Waals surface area (Å²) in [5.41, 5.74) is 8.83. The maximum atomic E-state index is 11.0. The monoisotopic (exact) mass is 418 g/mol. The third-order valence-electron chi connectivity index (χ3n) is 7.07. The normalized spacial score (nSPS) is 14.7. The van der Waals surface area contributed by atoms with Gasteiger partial charge >= 0.3 is 0 Å². The van der Waals surface area contributed by atoms with Crippen molar-refractivity contribution in [1.29, 1.82) is 0 Å². The Hall–Kier alpha value is -3.36. The molecule has 32 heavy (non-hydrogen) atoms. The van der Waals surface area contributed by atoms with Crippen LogP contribution in [0, 0.1) is 0 Å². The molecule has 1 aliphatic rings. The molecule has 1 aliphatic carbocycles. The van der Waals surface area contributed by atoms with E-state index in [1.807, 2.05) is 44.2 Å². The van der Waals surface area contributed by atoms with E-state index in [1.165, 1.54) is 22.3 Å². The maximum Gasteiger partial charge on any atom is 0.143 e. The zero-order chi connectivity index (χ0) is 22.3. The predicted molar refractivity (Wildman–Crippen MR) is 132 cm³/mol. The van der Waals surface area contributed by atoms with E-state index in [9.17, 15) is 5.11 Å². The van der Waals surface area contributed by atoms with Gasteiger partial charge in [-0.1, -0.05) is 80.6 Å². The van der Waals surface area contributed by atoms with E-state index in [1.54, 1.807) is 0 Å². The van der Waals surface area contributed by atoms with Crippen LogP contribution >= 0.6 is 0 Å². The molecule has 1 heterocycles. The molecule has 6 rings (SSSR count). The maximum absolute atomic E-state index is 11.0. The highest BCUT2D eigenvalue weighted by Crippen LogP contribution is 2.55. The van der Waals surface area contributed by atoms with Gasteiger partial charge in [-0.2, -0.15) is 0 Å². The van der Waals surface area contributed by atoms with Crippen molar-refractivity contribution < 1.29 is 9.52 Å². The van der Waals surface area contributed by atoms with Gasteiger partial charge in [-0.25, -0.2) is 0 Å². The highest BCUT2D eigenvalue weighted by Gasteiger charge is 2.38. The van der Waals surface area contributed by atoms with Crippen LogP contribution < -0.4 is 0 Å². The minimum Gasteiger partial charge on any atom is -0.455 e. The van der Waals surface area contributed by atoms with Crippen LogP contribution in [-0.4, -0.2) is 5.11 Å². The van der Waals surface area contributed by atoms with Gasteiger partial charge in [-0.3, -0.25) is 0 Å². The molecule has 158 valence electrons. The molecular formula is C30H26O2. The van der Waals surface area contributed by atoms with Crippen molar-refractivity contribution in [3.63, 3.8) is 0 Å². The number of para-hydroxylation sites is 1. The zero-order valence-corrected chi connectivity index (χ0v) is 18.9. The Morgan fingerprint density at radius 1 is 0.750 bits per heavy atom. The van der Waals surface area contributed by atoms with Crippen molar-refractivity contribution >= 4 is 21.9 Å². The molecule has 2 heteroatoms. The molecule has 0 atom stereocenters. The summed E-state index contributed by atoms with van der Waals surface area (Å²) < 4.78 is 6.53. The van der Waals surface area contributed by atoms with Gasteiger partial charge in [0.05, 0.1) is 5.60 Å². The van der Waals surface area contributed by atoms with Gasteiger partial charge in [-0.15, -0.1) is 0 Å². The van der Waals surface area contributed by atoms with E-state index in [2.05, 4.69) is 62.4 Å². The molecule has 0 spiro atoms. The second-order valence-electron chi connectivity index (χ2n) is 9.92. The van der Waals surface area contributed by atoms with Crippen molar-refractivity contribution in [2.75, 3.05) is 0 Å². The van der Waals surface area contributed by atoms with Crippen molar-refractivity contribution in [3.8, 4) is 22.3 Å². The Morgan fingerprint density at radius 3 is 2.19 bits per heavy atom. The number of fused-ring (bicyclic) bond motifs is 7. The summed E-state index contributed by atoms with van der Waals surface area (Å²) in [5.74, 6) is 0. The number of hydrogen-bond donors (Lipinski definition) is 1. The number of furan rings is 1. The quantitative estimate of drug-likeness (QED) is 0.317. The van der Waals surface area contributed by atoms with E-state index in [0.717, 1.165) is 38.6 Å². The Labute approximate surface area is 188 Å². The summed E-state index contributed by atoms with van der Waals surface area (Å²) in [4.78, 5) is 0. The Morgan fingerprint density at radius 2 is 1.41 bits per heavy atom. The molecule has 2 nitrogen and oxygen atoms in total. The molecule has 0 saturated carbocycles. The molecule has 4 aromatic carbocycles. The zero-order valence-electron chi connectivity index (χ0n) is 18.9. The predicted octanol–water partition coefficient (Wildman–Crippen LogP) is 7.79. The summed E-state index contributed by atoms with van der Waals surface area (Å²) in [6.07, 6.45) is 0. The SMILES string of the molecule is CC(C)(O)c1ccccc1-c1cc2c(c3c1oc1ccccc13)-c1ccccc1C2(C)C. The molecule has 0 amide bonds. The van der Waals surface area contributed by atoms with Gasteiger partial charge in [0.25, 0.3) is 0 Å². The lowest BCUT2D eigenvalue weighted by molar-refractivity contribution is 0.0792. The van der Waals surface area contributed by atoms with Crippen molar-refractivity contribution in [3.05, 3.63) is 95.6 Å². The minimum absolute atomic E-state index is 0.128. The van der Waals surface area contributed by atoms with Crippen molar-refractivity contribution in [2.24, 2.45) is 0 Å². The molecule has 0 aliphatic heterocycles.